The van der Waals surface area contributed by atoms with Gasteiger partial charge >= 0.3 is 5.97 Å². The first-order chi connectivity index (χ1) is 9.06. The van der Waals surface area contributed by atoms with Crippen molar-refractivity contribution in [2.75, 3.05) is 0 Å². The van der Waals surface area contributed by atoms with Gasteiger partial charge in [-0.3, -0.25) is 9.59 Å². The topological polar surface area (TPSA) is 54.4 Å². The molecule has 2 unspecified atom stereocenters. The molecule has 1 aromatic carbocycles. The summed E-state index contributed by atoms with van der Waals surface area (Å²) in [4.78, 5) is 22.4. The third-order valence-corrected chi connectivity index (χ3v) is 4.03. The quantitative estimate of drug-likeness (QED) is 0.916. The third-order valence-electron chi connectivity index (χ3n) is 3.79. The van der Waals surface area contributed by atoms with Crippen molar-refractivity contribution in [3.05, 3.63) is 34.9 Å². The van der Waals surface area contributed by atoms with Crippen molar-refractivity contribution in [2.24, 2.45) is 5.92 Å². The van der Waals surface area contributed by atoms with E-state index in [1.807, 2.05) is 24.3 Å². The maximum Gasteiger partial charge on any atom is 0.303 e. The van der Waals surface area contributed by atoms with Crippen LogP contribution in [0, 0.1) is 5.92 Å². The van der Waals surface area contributed by atoms with Gasteiger partial charge in [0.05, 0.1) is 0 Å². The Morgan fingerprint density at radius 3 is 2.89 bits per heavy atom. The number of rotatable bonds is 4. The molecule has 3 nitrogen and oxygen atoms in total. The highest BCUT2D eigenvalue weighted by atomic mass is 35.5. The minimum atomic E-state index is -0.835. The highest BCUT2D eigenvalue weighted by Crippen LogP contribution is 2.36. The predicted octanol–water partition coefficient (Wildman–Crippen LogP) is 3.66. The molecule has 19 heavy (non-hydrogen) atoms. The van der Waals surface area contributed by atoms with E-state index in [1.165, 1.54) is 0 Å². The van der Waals surface area contributed by atoms with Crippen molar-refractivity contribution in [2.45, 2.75) is 38.0 Å². The fourth-order valence-electron chi connectivity index (χ4n) is 2.75. The van der Waals surface area contributed by atoms with E-state index in [2.05, 4.69) is 0 Å². The Labute approximate surface area is 117 Å². The van der Waals surface area contributed by atoms with Crippen LogP contribution < -0.4 is 0 Å². The largest absolute Gasteiger partial charge is 0.481 e. The summed E-state index contributed by atoms with van der Waals surface area (Å²) in [6.07, 6.45) is 2.64. The third kappa shape index (κ3) is 3.80. The van der Waals surface area contributed by atoms with Crippen molar-refractivity contribution in [3.8, 4) is 0 Å². The van der Waals surface area contributed by atoms with Gasteiger partial charge in [-0.15, -0.1) is 0 Å². The molecule has 1 aliphatic rings. The van der Waals surface area contributed by atoms with Crippen molar-refractivity contribution in [1.82, 2.24) is 0 Å². The van der Waals surface area contributed by atoms with Gasteiger partial charge < -0.3 is 5.11 Å². The average molecular weight is 281 g/mol. The highest BCUT2D eigenvalue weighted by Gasteiger charge is 2.29. The first-order valence-electron chi connectivity index (χ1n) is 6.56. The van der Waals surface area contributed by atoms with Crippen LogP contribution in [0.5, 0.6) is 0 Å². The van der Waals surface area contributed by atoms with Crippen LogP contribution in [0.15, 0.2) is 24.3 Å². The molecule has 102 valence electrons. The second-order valence-corrected chi connectivity index (χ2v) is 5.56. The van der Waals surface area contributed by atoms with E-state index in [0.717, 1.165) is 18.4 Å². The van der Waals surface area contributed by atoms with Crippen LogP contribution in [0.25, 0.3) is 0 Å². The fourth-order valence-corrected chi connectivity index (χ4v) is 2.95. The predicted molar refractivity (Wildman–Crippen MR) is 73.4 cm³/mol. The molecule has 1 aromatic rings. The van der Waals surface area contributed by atoms with Crippen LogP contribution in [0.2, 0.25) is 5.02 Å². The van der Waals surface area contributed by atoms with Crippen LogP contribution in [0.1, 0.15) is 43.6 Å². The monoisotopic (exact) mass is 280 g/mol. The Balaban J connectivity index is 2.04. The minimum Gasteiger partial charge on any atom is -0.481 e. The van der Waals surface area contributed by atoms with Gasteiger partial charge in [0, 0.05) is 23.8 Å². The molecule has 2 atom stereocenters. The lowest BCUT2D eigenvalue weighted by atomic mass is 9.75. The number of halogens is 1. The molecule has 0 saturated heterocycles. The zero-order valence-electron chi connectivity index (χ0n) is 10.6. The number of carboxylic acid groups (broad SMARTS) is 1. The molecule has 0 heterocycles. The number of ketones is 1. The van der Waals surface area contributed by atoms with E-state index in [-0.39, 0.29) is 18.1 Å². The van der Waals surface area contributed by atoms with E-state index in [1.54, 1.807) is 0 Å². The normalized spacial score (nSPS) is 23.3. The minimum absolute atomic E-state index is 0.0681. The van der Waals surface area contributed by atoms with Gasteiger partial charge in [-0.1, -0.05) is 23.7 Å². The summed E-state index contributed by atoms with van der Waals surface area (Å²) in [6.45, 7) is 0. The van der Waals surface area contributed by atoms with Crippen LogP contribution >= 0.6 is 11.6 Å². The van der Waals surface area contributed by atoms with Gasteiger partial charge in [0.15, 0.2) is 0 Å². The maximum absolute atomic E-state index is 11.8. The number of carbonyl (C=O) groups excluding carboxylic acids is 1. The van der Waals surface area contributed by atoms with Gasteiger partial charge in [0.1, 0.15) is 5.78 Å². The lowest BCUT2D eigenvalue weighted by Gasteiger charge is -2.28. The maximum atomic E-state index is 11.8. The van der Waals surface area contributed by atoms with Crippen molar-refractivity contribution >= 4 is 23.4 Å². The lowest BCUT2D eigenvalue weighted by Crippen LogP contribution is -2.24. The molecule has 0 amide bonds. The van der Waals surface area contributed by atoms with Crippen LogP contribution in [0.4, 0.5) is 0 Å². The molecule has 1 saturated carbocycles. The number of aliphatic carboxylic acids is 1. The van der Waals surface area contributed by atoms with Gasteiger partial charge in [0.25, 0.3) is 0 Å². The van der Waals surface area contributed by atoms with Gasteiger partial charge in [-0.05, 0) is 42.9 Å². The van der Waals surface area contributed by atoms with Gasteiger partial charge in [-0.25, -0.2) is 0 Å². The number of carbonyl (C=O) groups is 2. The van der Waals surface area contributed by atoms with Crippen molar-refractivity contribution < 1.29 is 14.7 Å². The molecule has 2 rings (SSSR count). The highest BCUT2D eigenvalue weighted by molar-refractivity contribution is 6.30. The Morgan fingerprint density at radius 1 is 1.42 bits per heavy atom. The molecule has 0 spiro atoms. The first kappa shape index (κ1) is 14.1. The molecular weight excluding hydrogens is 264 g/mol. The number of Topliss-reactive ketones (excluding diaryl/α,β-unsaturated/α-hetero) is 1. The Morgan fingerprint density at radius 2 is 2.21 bits per heavy atom. The number of hydrogen-bond acceptors (Lipinski definition) is 2. The summed E-state index contributed by atoms with van der Waals surface area (Å²) < 4.78 is 0. The second kappa shape index (κ2) is 6.20. The molecule has 0 radical (unpaired) electrons. The number of hydrogen-bond donors (Lipinski definition) is 1. The fraction of sp³-hybridized carbons (Fsp3) is 0.467. The first-order valence-corrected chi connectivity index (χ1v) is 6.94. The van der Waals surface area contributed by atoms with Crippen molar-refractivity contribution in [1.29, 1.82) is 0 Å². The molecule has 0 bridgehead atoms. The zero-order valence-corrected chi connectivity index (χ0v) is 11.4. The van der Waals surface area contributed by atoms with Crippen LogP contribution in [-0.4, -0.2) is 16.9 Å². The van der Waals surface area contributed by atoms with Gasteiger partial charge in [-0.2, -0.15) is 0 Å². The van der Waals surface area contributed by atoms with Crippen LogP contribution in [-0.2, 0) is 9.59 Å². The zero-order chi connectivity index (χ0) is 13.8. The lowest BCUT2D eigenvalue weighted by molar-refractivity contribution is -0.137. The standard InChI is InChI=1S/C15H17ClO3/c16-13-3-1-2-10(9-13)11-4-6-14(17)12(8-11)5-7-15(18)19/h1-3,9,11-12H,4-8H2,(H,18,19). The van der Waals surface area contributed by atoms with E-state index in [9.17, 15) is 9.59 Å². The Bertz CT molecular complexity index is 484. The molecule has 1 aliphatic carbocycles. The van der Waals surface area contributed by atoms with Gasteiger partial charge in [0.2, 0.25) is 0 Å². The SMILES string of the molecule is O=C(O)CCC1CC(c2cccc(Cl)c2)CCC1=O. The molecular formula is C15H17ClO3. The Kier molecular flexibility index (Phi) is 4.59. The Hall–Kier alpha value is -1.35. The summed E-state index contributed by atoms with van der Waals surface area (Å²) >= 11 is 5.99. The van der Waals surface area contributed by atoms with Crippen LogP contribution in [0.3, 0.4) is 0 Å². The summed E-state index contributed by atoms with van der Waals surface area (Å²) in [7, 11) is 0. The molecule has 1 N–H and O–H groups in total. The molecule has 0 aromatic heterocycles. The van der Waals surface area contributed by atoms with E-state index in [0.29, 0.717) is 23.8 Å². The smallest absolute Gasteiger partial charge is 0.303 e. The second-order valence-electron chi connectivity index (χ2n) is 5.12. The average Bonchev–Trinajstić information content (AvgIpc) is 2.37. The molecule has 4 heteroatoms. The van der Waals surface area contributed by atoms with Crippen molar-refractivity contribution in [3.63, 3.8) is 0 Å². The summed E-state index contributed by atoms with van der Waals surface area (Å²) in [5, 5.41) is 9.43. The van der Waals surface area contributed by atoms with E-state index >= 15 is 0 Å². The number of benzene rings is 1. The van der Waals surface area contributed by atoms with E-state index < -0.39 is 5.97 Å². The molecule has 1 fully saturated rings. The number of carboxylic acids is 1. The summed E-state index contributed by atoms with van der Waals surface area (Å²) in [6, 6.07) is 7.72. The van der Waals surface area contributed by atoms with E-state index in [4.69, 9.17) is 16.7 Å². The molecule has 0 aliphatic heterocycles. The summed E-state index contributed by atoms with van der Waals surface area (Å²) in [5.74, 6) is -0.429. The summed E-state index contributed by atoms with van der Waals surface area (Å²) in [5.41, 5.74) is 1.15.